The Labute approximate surface area is 66.5 Å². The molecule has 0 bridgehead atoms. The van der Waals surface area contributed by atoms with Gasteiger partial charge in [0, 0.05) is 0 Å². The summed E-state index contributed by atoms with van der Waals surface area (Å²) in [6, 6.07) is 0. The fourth-order valence-corrected chi connectivity index (χ4v) is 0. The molecule has 0 aliphatic heterocycles. The van der Waals surface area contributed by atoms with Gasteiger partial charge >= 0.3 is 67.9 Å². The molecule has 0 aliphatic rings. The summed E-state index contributed by atoms with van der Waals surface area (Å²) in [6.45, 7) is 0. The van der Waals surface area contributed by atoms with Gasteiger partial charge in [0.1, 0.15) is 0 Å². The average Bonchev–Trinajstić information content (AvgIpc) is 1.50. The van der Waals surface area contributed by atoms with Gasteiger partial charge in [-0.3, -0.25) is 0 Å². The monoisotopic (exact) mass is 288 g/mol. The minimum absolute atomic E-state index is 0.0556. The van der Waals surface area contributed by atoms with Gasteiger partial charge in [0.25, 0.3) is 0 Å². The summed E-state index contributed by atoms with van der Waals surface area (Å²) in [4.78, 5) is 0. The van der Waals surface area contributed by atoms with Crippen LogP contribution in [0.2, 0.25) is 0 Å². The van der Waals surface area contributed by atoms with E-state index >= 15 is 0 Å². The van der Waals surface area contributed by atoms with Crippen LogP contribution >= 0.6 is 0 Å². The van der Waals surface area contributed by atoms with E-state index in [0.717, 1.165) is 0 Å². The summed E-state index contributed by atoms with van der Waals surface area (Å²) in [5.41, 5.74) is 0. The van der Waals surface area contributed by atoms with Crippen molar-refractivity contribution in [1.82, 2.24) is 0 Å². The van der Waals surface area contributed by atoms with Crippen molar-refractivity contribution in [3.8, 4) is 0 Å². The summed E-state index contributed by atoms with van der Waals surface area (Å²) in [5, 5.41) is 0. The molecule has 0 aliphatic carbocycles. The third-order valence-electron chi connectivity index (χ3n) is 0. The summed E-state index contributed by atoms with van der Waals surface area (Å²) < 4.78 is 16.8. The predicted octanol–water partition coefficient (Wildman–Crippen LogP) is -0.886. The molecule has 0 N–H and O–H groups in total. The second-order valence-corrected chi connectivity index (χ2v) is 0. The molecule has 0 rings (SSSR count). The van der Waals surface area contributed by atoms with Gasteiger partial charge < -0.3 is 0 Å². The zero-order chi connectivity index (χ0) is 4.00. The van der Waals surface area contributed by atoms with Crippen LogP contribution in [0.15, 0.2) is 0 Å². The first-order valence-electron chi connectivity index (χ1n) is 0.493. The predicted molar refractivity (Wildman–Crippen MR) is 8.52 cm³/mol. The van der Waals surface area contributed by atoms with Gasteiger partial charge in [0.2, 0.25) is 0 Å². The van der Waals surface area contributed by atoms with Crippen molar-refractivity contribution >= 4 is 24.4 Å². The first-order valence-corrected chi connectivity index (χ1v) is 3.42. The van der Waals surface area contributed by atoms with Crippen LogP contribution in [-0.2, 0) is 3.79 Å². The van der Waals surface area contributed by atoms with Crippen molar-refractivity contribution in [2.24, 2.45) is 0 Å². The molecule has 0 aromatic carbocycles. The molecule has 4 heteroatoms. The summed E-state index contributed by atoms with van der Waals surface area (Å²) >= 11 is -0.0444. The molecule has 0 spiro atoms. The summed E-state index contributed by atoms with van der Waals surface area (Å²) in [5.74, 6) is 0. The van der Waals surface area contributed by atoms with E-state index in [-0.39, 0.29) is 64.2 Å². The molecule has 0 aromatic heterocycles. The van der Waals surface area contributed by atoms with E-state index in [9.17, 15) is 0 Å². The van der Waals surface area contributed by atoms with Crippen molar-refractivity contribution in [1.29, 1.82) is 0 Å². The Balaban J connectivity index is 0. The maximum absolute atomic E-state index is 8.42. The van der Waals surface area contributed by atoms with Crippen LogP contribution in [0.5, 0.6) is 0 Å². The Hall–Kier alpha value is 1.85. The van der Waals surface area contributed by atoms with Crippen LogP contribution in [0.1, 0.15) is 0 Å². The fourth-order valence-electron chi connectivity index (χ4n) is 0. The Morgan fingerprint density at radius 2 is 1.25 bits per heavy atom. The Morgan fingerprint density at radius 1 is 1.25 bits per heavy atom. The Bertz CT molecular complexity index is 8.00. The van der Waals surface area contributed by atoms with E-state index in [1.54, 1.807) is 0 Å². The molecule has 0 amide bonds. The van der Waals surface area contributed by atoms with E-state index in [0.29, 0.717) is 0 Å². The molecule has 2 nitrogen and oxygen atoms in total. The van der Waals surface area contributed by atoms with Gasteiger partial charge in [-0.15, -0.1) is 0 Å². The third kappa shape index (κ3) is 9.14. The average molecular weight is 288 g/mol. The van der Waals surface area contributed by atoms with Gasteiger partial charge in [-0.05, 0) is 0 Å². The second kappa shape index (κ2) is 21.0. The van der Waals surface area contributed by atoms with Crippen LogP contribution in [0.25, 0.3) is 0 Å². The Kier molecular flexibility index (Phi) is 48.8. The molecule has 0 heterocycles. The standard InChI is InChI=1S/Ce.In.2O.H. The first kappa shape index (κ1) is 9.28. The quantitative estimate of drug-likeness (QED) is 0.580. The maximum atomic E-state index is 8.42. The summed E-state index contributed by atoms with van der Waals surface area (Å²) in [7, 11) is 0. The van der Waals surface area contributed by atoms with Crippen LogP contribution in [0.3, 0.4) is 0 Å². The van der Waals surface area contributed by atoms with Crippen molar-refractivity contribution in [3.63, 3.8) is 0 Å². The van der Waals surface area contributed by atoms with E-state index in [1.165, 1.54) is 0 Å². The molecular weight excluding hydrogens is 287 g/mol. The van der Waals surface area contributed by atoms with E-state index in [2.05, 4.69) is 0 Å². The van der Waals surface area contributed by atoms with Crippen molar-refractivity contribution < 1.29 is 43.6 Å². The van der Waals surface area contributed by atoms with Gasteiger partial charge in [0.15, 0.2) is 0 Å². The van der Waals surface area contributed by atoms with E-state index in [4.69, 9.17) is 3.79 Å². The van der Waals surface area contributed by atoms with Crippen LogP contribution in [0, 0.1) is 39.8 Å². The molecule has 4 heavy (non-hydrogen) atoms. The summed E-state index contributed by atoms with van der Waals surface area (Å²) in [6.07, 6.45) is 0. The Morgan fingerprint density at radius 3 is 1.25 bits per heavy atom. The zero-order valence-electron chi connectivity index (χ0n) is 2.02. The van der Waals surface area contributed by atoms with Crippen molar-refractivity contribution in [2.45, 2.75) is 0 Å². The number of rotatable bonds is 0. The SMILES string of the molecule is [O]=[Ce].[O]=[InH]. The van der Waals surface area contributed by atoms with Crippen molar-refractivity contribution in [2.75, 3.05) is 0 Å². The zero-order valence-corrected chi connectivity index (χ0v) is 9.20. The van der Waals surface area contributed by atoms with Crippen LogP contribution < -0.4 is 0 Å². The second-order valence-electron chi connectivity index (χ2n) is 0. The fraction of sp³-hybridized carbons (Fsp3) is 0. The van der Waals surface area contributed by atoms with Crippen LogP contribution in [0.4, 0.5) is 0 Å². The van der Waals surface area contributed by atoms with Gasteiger partial charge in [-0.25, -0.2) is 0 Å². The molecule has 0 radical (unpaired) electrons. The van der Waals surface area contributed by atoms with Gasteiger partial charge in [-0.1, -0.05) is 0 Å². The normalized spacial score (nSPS) is 1.50. The van der Waals surface area contributed by atoms with Crippen molar-refractivity contribution in [3.05, 3.63) is 0 Å². The molecule has 0 aromatic rings. The van der Waals surface area contributed by atoms with Gasteiger partial charge in [0.05, 0.1) is 0 Å². The van der Waals surface area contributed by atoms with Crippen LogP contribution in [-0.4, -0.2) is 24.4 Å². The molecule has 20 valence electrons. The molecule has 0 saturated heterocycles. The van der Waals surface area contributed by atoms with Gasteiger partial charge in [-0.2, -0.15) is 0 Å². The molecule has 0 saturated carbocycles. The number of hydrogen-bond acceptors (Lipinski definition) is 2. The molecule has 0 atom stereocenters. The van der Waals surface area contributed by atoms with E-state index < -0.39 is 0 Å². The topological polar surface area (TPSA) is 34.1 Å². The molecule has 0 fully saturated rings. The molecular formula is HCeInO2. The van der Waals surface area contributed by atoms with E-state index in [1.807, 2.05) is 0 Å². The third-order valence-corrected chi connectivity index (χ3v) is 0. The first-order chi connectivity index (χ1) is 2.00. The minimum atomic E-state index is -0.1000. The number of hydrogen-bond donors (Lipinski definition) is 0. The molecule has 0 unspecified atom stereocenters.